The maximum Gasteiger partial charge on any atom is 0.226 e. The van der Waals surface area contributed by atoms with Gasteiger partial charge in [0.2, 0.25) is 5.91 Å². The molecule has 1 unspecified atom stereocenters. The van der Waals surface area contributed by atoms with Gasteiger partial charge in [0.15, 0.2) is 0 Å². The lowest BCUT2D eigenvalue weighted by molar-refractivity contribution is -0.128. The van der Waals surface area contributed by atoms with Gasteiger partial charge < -0.3 is 10.6 Å². The van der Waals surface area contributed by atoms with Crippen molar-refractivity contribution in [2.24, 2.45) is 5.41 Å². The lowest BCUT2D eigenvalue weighted by atomic mass is 9.91. The number of hydrogen-bond donors (Lipinski definition) is 2. The number of amides is 1. The Morgan fingerprint density at radius 3 is 2.48 bits per heavy atom. The summed E-state index contributed by atoms with van der Waals surface area (Å²) in [6.07, 6.45) is 0. The molecule has 1 amide bonds. The maximum atomic E-state index is 11.8. The minimum atomic E-state index is -0.417. The van der Waals surface area contributed by atoms with Crippen molar-refractivity contribution in [2.45, 2.75) is 26.8 Å². The fourth-order valence-electron chi connectivity index (χ4n) is 2.42. The molecular weight excluding hydrogens is 260 g/mol. The van der Waals surface area contributed by atoms with Crippen molar-refractivity contribution in [3.63, 3.8) is 0 Å². The number of benzene rings is 2. The van der Waals surface area contributed by atoms with E-state index in [9.17, 15) is 4.79 Å². The first-order valence-electron chi connectivity index (χ1n) is 7.38. The molecule has 0 aliphatic carbocycles. The van der Waals surface area contributed by atoms with Crippen molar-refractivity contribution < 1.29 is 4.79 Å². The zero-order valence-corrected chi connectivity index (χ0v) is 13.2. The molecule has 21 heavy (non-hydrogen) atoms. The van der Waals surface area contributed by atoms with Crippen LogP contribution < -0.4 is 10.6 Å². The first kappa shape index (κ1) is 15.5. The summed E-state index contributed by atoms with van der Waals surface area (Å²) < 4.78 is 0. The van der Waals surface area contributed by atoms with E-state index >= 15 is 0 Å². The zero-order chi connectivity index (χ0) is 15.5. The second-order valence-corrected chi connectivity index (χ2v) is 6.17. The quantitative estimate of drug-likeness (QED) is 0.885. The molecule has 3 nitrogen and oxygen atoms in total. The number of carbonyl (C=O) groups is 1. The molecule has 0 heterocycles. The van der Waals surface area contributed by atoms with Crippen LogP contribution in [0.4, 0.5) is 0 Å². The second-order valence-electron chi connectivity index (χ2n) is 6.17. The summed E-state index contributed by atoms with van der Waals surface area (Å²) in [5.41, 5.74) is 0.821. The Kier molecular flexibility index (Phi) is 4.63. The Balaban J connectivity index is 2.08. The monoisotopic (exact) mass is 284 g/mol. The first-order chi connectivity index (χ1) is 9.94. The van der Waals surface area contributed by atoms with Crippen LogP contribution in [-0.2, 0) is 4.79 Å². The lowest BCUT2D eigenvalue weighted by Gasteiger charge is -2.25. The van der Waals surface area contributed by atoms with E-state index in [-0.39, 0.29) is 11.9 Å². The van der Waals surface area contributed by atoms with Crippen molar-refractivity contribution in [1.82, 2.24) is 10.6 Å². The number of carbonyl (C=O) groups excluding carboxylic acids is 1. The predicted octanol–water partition coefficient (Wildman–Crippen LogP) is 3.26. The van der Waals surface area contributed by atoms with Gasteiger partial charge >= 0.3 is 0 Å². The van der Waals surface area contributed by atoms with E-state index in [1.165, 1.54) is 16.3 Å². The van der Waals surface area contributed by atoms with Gasteiger partial charge in [0, 0.05) is 19.6 Å². The maximum absolute atomic E-state index is 11.8. The fourth-order valence-corrected chi connectivity index (χ4v) is 2.42. The van der Waals surface area contributed by atoms with E-state index < -0.39 is 5.41 Å². The Hall–Kier alpha value is -1.87. The summed E-state index contributed by atoms with van der Waals surface area (Å²) in [5, 5.41) is 8.67. The highest BCUT2D eigenvalue weighted by Gasteiger charge is 2.26. The van der Waals surface area contributed by atoms with Gasteiger partial charge in [-0.15, -0.1) is 0 Å². The van der Waals surface area contributed by atoms with E-state index in [4.69, 9.17) is 0 Å². The predicted molar refractivity (Wildman–Crippen MR) is 88.2 cm³/mol. The normalized spacial score (nSPS) is 13.1. The highest BCUT2D eigenvalue weighted by atomic mass is 16.2. The van der Waals surface area contributed by atoms with Gasteiger partial charge in [0.1, 0.15) is 0 Å². The third kappa shape index (κ3) is 3.61. The molecule has 0 saturated carbocycles. The van der Waals surface area contributed by atoms with Gasteiger partial charge in [0.05, 0.1) is 5.41 Å². The van der Waals surface area contributed by atoms with Gasteiger partial charge in [-0.1, -0.05) is 36.4 Å². The molecule has 0 spiro atoms. The molecule has 2 aromatic carbocycles. The lowest BCUT2D eigenvalue weighted by Crippen LogP contribution is -2.42. The summed E-state index contributed by atoms with van der Waals surface area (Å²) >= 11 is 0. The largest absolute Gasteiger partial charge is 0.359 e. The number of fused-ring (bicyclic) bond motifs is 1. The standard InChI is InChI=1S/C18H24N2O/c1-13(20-12-18(2,3)17(21)19-4)15-10-9-14-7-5-6-8-16(14)11-15/h5-11,13,20H,12H2,1-4H3,(H,19,21). The topological polar surface area (TPSA) is 41.1 Å². The van der Waals surface area contributed by atoms with E-state index in [0.29, 0.717) is 6.54 Å². The van der Waals surface area contributed by atoms with Crippen molar-refractivity contribution >= 4 is 16.7 Å². The van der Waals surface area contributed by atoms with E-state index in [0.717, 1.165) is 0 Å². The smallest absolute Gasteiger partial charge is 0.226 e. The molecular formula is C18H24N2O. The molecule has 2 N–H and O–H groups in total. The number of nitrogens with one attached hydrogen (secondary N) is 2. The Morgan fingerprint density at radius 1 is 1.14 bits per heavy atom. The Bertz CT molecular complexity index is 634. The molecule has 0 saturated heterocycles. The van der Waals surface area contributed by atoms with Gasteiger partial charge in [-0.05, 0) is 43.2 Å². The zero-order valence-electron chi connectivity index (χ0n) is 13.2. The van der Waals surface area contributed by atoms with Crippen LogP contribution in [0.1, 0.15) is 32.4 Å². The summed E-state index contributed by atoms with van der Waals surface area (Å²) in [7, 11) is 1.68. The second kappa shape index (κ2) is 6.27. The van der Waals surface area contributed by atoms with Crippen LogP contribution in [0.5, 0.6) is 0 Å². The Labute approximate surface area is 126 Å². The minimum Gasteiger partial charge on any atom is -0.359 e. The minimum absolute atomic E-state index is 0.0562. The molecule has 0 fully saturated rings. The molecule has 0 aliphatic rings. The van der Waals surface area contributed by atoms with Crippen molar-refractivity contribution in [2.75, 3.05) is 13.6 Å². The van der Waals surface area contributed by atoms with Crippen LogP contribution in [-0.4, -0.2) is 19.5 Å². The van der Waals surface area contributed by atoms with Crippen molar-refractivity contribution in [3.05, 3.63) is 48.0 Å². The fraction of sp³-hybridized carbons (Fsp3) is 0.389. The summed E-state index contributed by atoms with van der Waals surface area (Å²) in [5.74, 6) is 0.0562. The molecule has 112 valence electrons. The highest BCUT2D eigenvalue weighted by Crippen LogP contribution is 2.21. The summed E-state index contributed by atoms with van der Waals surface area (Å²) in [6.45, 7) is 6.67. The van der Waals surface area contributed by atoms with Crippen molar-refractivity contribution in [3.8, 4) is 0 Å². The third-order valence-corrected chi connectivity index (χ3v) is 3.97. The van der Waals surface area contributed by atoms with Crippen LogP contribution in [0, 0.1) is 5.41 Å². The average Bonchev–Trinajstić information content (AvgIpc) is 2.51. The Morgan fingerprint density at radius 2 is 1.81 bits per heavy atom. The first-order valence-corrected chi connectivity index (χ1v) is 7.38. The van der Waals surface area contributed by atoms with Crippen LogP contribution >= 0.6 is 0 Å². The highest BCUT2D eigenvalue weighted by molar-refractivity contribution is 5.83. The van der Waals surface area contributed by atoms with E-state index in [1.807, 2.05) is 13.8 Å². The molecule has 2 rings (SSSR count). The van der Waals surface area contributed by atoms with Gasteiger partial charge in [-0.3, -0.25) is 4.79 Å². The molecule has 0 aliphatic heterocycles. The average molecular weight is 284 g/mol. The molecule has 3 heteroatoms. The van der Waals surface area contributed by atoms with Crippen LogP contribution in [0.25, 0.3) is 10.8 Å². The van der Waals surface area contributed by atoms with Crippen molar-refractivity contribution in [1.29, 1.82) is 0 Å². The SMILES string of the molecule is CNC(=O)C(C)(C)CNC(C)c1ccc2ccccc2c1. The molecule has 0 aromatic heterocycles. The number of hydrogen-bond acceptors (Lipinski definition) is 2. The van der Waals surface area contributed by atoms with Crippen LogP contribution in [0.15, 0.2) is 42.5 Å². The molecule has 1 atom stereocenters. The van der Waals surface area contributed by atoms with Crippen LogP contribution in [0.2, 0.25) is 0 Å². The van der Waals surface area contributed by atoms with Gasteiger partial charge in [-0.25, -0.2) is 0 Å². The van der Waals surface area contributed by atoms with Crippen LogP contribution in [0.3, 0.4) is 0 Å². The van der Waals surface area contributed by atoms with Gasteiger partial charge in [-0.2, -0.15) is 0 Å². The molecule has 2 aromatic rings. The number of rotatable bonds is 5. The molecule has 0 radical (unpaired) electrons. The van der Waals surface area contributed by atoms with E-state index in [2.05, 4.69) is 60.0 Å². The van der Waals surface area contributed by atoms with Gasteiger partial charge in [0.25, 0.3) is 0 Å². The summed E-state index contributed by atoms with van der Waals surface area (Å²) in [4.78, 5) is 11.8. The molecule has 0 bridgehead atoms. The summed E-state index contributed by atoms with van der Waals surface area (Å²) in [6, 6.07) is 15.1. The van der Waals surface area contributed by atoms with E-state index in [1.54, 1.807) is 7.05 Å². The third-order valence-electron chi connectivity index (χ3n) is 3.97.